The van der Waals surface area contributed by atoms with Gasteiger partial charge in [0.2, 0.25) is 26.0 Å². The number of nitrogens with one attached hydrogen (secondary N) is 1. The van der Waals surface area contributed by atoms with Crippen LogP contribution >= 0.6 is 0 Å². The Morgan fingerprint density at radius 3 is 2.12 bits per heavy atom. The van der Waals surface area contributed by atoms with Gasteiger partial charge in [0.1, 0.15) is 12.3 Å². The van der Waals surface area contributed by atoms with Gasteiger partial charge in [0.05, 0.1) is 23.4 Å². The van der Waals surface area contributed by atoms with Crippen LogP contribution in [0.15, 0.2) is 53.4 Å². The van der Waals surface area contributed by atoms with Crippen LogP contribution in [0.4, 0.5) is 11.4 Å². The topological polar surface area (TPSA) is 113 Å². The van der Waals surface area contributed by atoms with E-state index >= 15 is 0 Å². The highest BCUT2D eigenvalue weighted by Crippen LogP contribution is 2.23. The van der Waals surface area contributed by atoms with Crippen molar-refractivity contribution in [2.24, 2.45) is 0 Å². The Labute approximate surface area is 189 Å². The van der Waals surface area contributed by atoms with E-state index in [1.54, 1.807) is 24.3 Å². The van der Waals surface area contributed by atoms with Crippen molar-refractivity contribution in [3.8, 4) is 5.75 Å². The van der Waals surface area contributed by atoms with Crippen LogP contribution in [-0.2, 0) is 24.8 Å². The number of nitrogens with zero attached hydrogens (tertiary/aromatic N) is 2. The molecule has 0 bridgehead atoms. The highest BCUT2D eigenvalue weighted by atomic mass is 32.2. The number of rotatable bonds is 9. The van der Waals surface area contributed by atoms with E-state index in [4.69, 9.17) is 4.74 Å². The number of hydrogen-bond acceptors (Lipinski definition) is 6. The third-order valence-electron chi connectivity index (χ3n) is 4.96. The highest BCUT2D eigenvalue weighted by Gasteiger charge is 2.27. The number of benzene rings is 2. The van der Waals surface area contributed by atoms with E-state index in [1.165, 1.54) is 28.6 Å². The molecule has 1 aliphatic heterocycles. The number of anilines is 2. The second-order valence-electron chi connectivity index (χ2n) is 7.38. The third-order valence-corrected chi connectivity index (χ3v) is 8.02. The minimum absolute atomic E-state index is 0.157. The predicted molar refractivity (Wildman–Crippen MR) is 123 cm³/mol. The fourth-order valence-corrected chi connectivity index (χ4v) is 5.77. The average Bonchev–Trinajstić information content (AvgIpc) is 3.28. The van der Waals surface area contributed by atoms with Crippen LogP contribution in [0.25, 0.3) is 0 Å². The Morgan fingerprint density at radius 2 is 1.59 bits per heavy atom. The van der Waals surface area contributed by atoms with Gasteiger partial charge < -0.3 is 10.1 Å². The fourth-order valence-electron chi connectivity index (χ4n) is 3.39. The number of hydrogen-bond donors (Lipinski definition) is 1. The second-order valence-corrected chi connectivity index (χ2v) is 11.2. The van der Waals surface area contributed by atoms with E-state index in [0.717, 1.165) is 23.4 Å². The molecule has 1 fully saturated rings. The summed E-state index contributed by atoms with van der Waals surface area (Å²) < 4.78 is 57.5. The summed E-state index contributed by atoms with van der Waals surface area (Å²) in [5.74, 6) is 0.0394. The van der Waals surface area contributed by atoms with Gasteiger partial charge in [-0.2, -0.15) is 4.31 Å². The molecule has 1 aliphatic rings. The highest BCUT2D eigenvalue weighted by molar-refractivity contribution is 7.92. The Bertz CT molecular complexity index is 1140. The number of sulfonamides is 2. The molecule has 0 saturated carbocycles. The van der Waals surface area contributed by atoms with Gasteiger partial charge in [-0.05, 0) is 68.3 Å². The SMILES string of the molecule is CCOc1ccc(N(CC(=O)Nc2ccc(S(=O)(=O)N3CCCC3)cc2)S(C)(=O)=O)cc1. The van der Waals surface area contributed by atoms with Gasteiger partial charge in [-0.1, -0.05) is 0 Å². The van der Waals surface area contributed by atoms with Gasteiger partial charge in [0, 0.05) is 18.8 Å². The van der Waals surface area contributed by atoms with E-state index < -0.39 is 32.5 Å². The van der Waals surface area contributed by atoms with Crippen molar-refractivity contribution in [1.29, 1.82) is 0 Å². The molecule has 2 aromatic carbocycles. The number of carbonyl (C=O) groups is 1. The Kier molecular flexibility index (Phi) is 7.42. The minimum atomic E-state index is -3.72. The van der Waals surface area contributed by atoms with Gasteiger partial charge in [0.15, 0.2) is 0 Å². The Morgan fingerprint density at radius 1 is 1.00 bits per heavy atom. The van der Waals surface area contributed by atoms with Gasteiger partial charge in [-0.15, -0.1) is 0 Å². The van der Waals surface area contributed by atoms with Gasteiger partial charge in [-0.3, -0.25) is 9.10 Å². The maximum Gasteiger partial charge on any atom is 0.245 e. The normalized spacial score (nSPS) is 14.8. The first kappa shape index (κ1) is 24.0. The molecule has 1 N–H and O–H groups in total. The van der Waals surface area contributed by atoms with Crippen LogP contribution < -0.4 is 14.4 Å². The lowest BCUT2D eigenvalue weighted by molar-refractivity contribution is -0.114. The molecule has 0 aliphatic carbocycles. The molecular formula is C21H27N3O6S2. The fraction of sp³-hybridized carbons (Fsp3) is 0.381. The van der Waals surface area contributed by atoms with E-state index in [0.29, 0.717) is 36.8 Å². The molecular weight excluding hydrogens is 454 g/mol. The molecule has 0 radical (unpaired) electrons. The monoisotopic (exact) mass is 481 g/mol. The van der Waals surface area contributed by atoms with E-state index in [9.17, 15) is 21.6 Å². The van der Waals surface area contributed by atoms with Crippen molar-refractivity contribution in [3.05, 3.63) is 48.5 Å². The summed E-state index contributed by atoms with van der Waals surface area (Å²) in [5.41, 5.74) is 0.702. The van der Waals surface area contributed by atoms with Crippen LogP contribution in [0.2, 0.25) is 0 Å². The van der Waals surface area contributed by atoms with Crippen molar-refractivity contribution in [2.45, 2.75) is 24.7 Å². The van der Waals surface area contributed by atoms with Gasteiger partial charge in [0.25, 0.3) is 0 Å². The minimum Gasteiger partial charge on any atom is -0.494 e. The van der Waals surface area contributed by atoms with Gasteiger partial charge >= 0.3 is 0 Å². The largest absolute Gasteiger partial charge is 0.494 e. The first-order valence-corrected chi connectivity index (χ1v) is 13.5. The number of amides is 1. The van der Waals surface area contributed by atoms with Crippen LogP contribution in [0.5, 0.6) is 5.75 Å². The van der Waals surface area contributed by atoms with Crippen LogP contribution in [0.3, 0.4) is 0 Å². The molecule has 1 heterocycles. The van der Waals surface area contributed by atoms with E-state index in [1.807, 2.05) is 6.92 Å². The van der Waals surface area contributed by atoms with Crippen LogP contribution in [-0.4, -0.2) is 59.5 Å². The molecule has 32 heavy (non-hydrogen) atoms. The predicted octanol–water partition coefficient (Wildman–Crippen LogP) is 2.27. The smallest absolute Gasteiger partial charge is 0.245 e. The van der Waals surface area contributed by atoms with Crippen LogP contribution in [0, 0.1) is 0 Å². The molecule has 0 spiro atoms. The van der Waals surface area contributed by atoms with Crippen molar-refractivity contribution in [1.82, 2.24) is 4.31 Å². The van der Waals surface area contributed by atoms with Crippen molar-refractivity contribution >= 4 is 37.3 Å². The summed E-state index contributed by atoms with van der Waals surface area (Å²) in [6.07, 6.45) is 2.71. The average molecular weight is 482 g/mol. The Balaban J connectivity index is 1.69. The zero-order valence-electron chi connectivity index (χ0n) is 18.0. The molecule has 1 saturated heterocycles. The first-order chi connectivity index (χ1) is 15.1. The molecule has 174 valence electrons. The first-order valence-electron chi connectivity index (χ1n) is 10.2. The lowest BCUT2D eigenvalue weighted by Gasteiger charge is -2.22. The molecule has 0 atom stereocenters. The lowest BCUT2D eigenvalue weighted by atomic mass is 10.3. The standard InChI is InChI=1S/C21H27N3O6S2/c1-3-30-19-10-8-18(9-11-19)24(31(2,26)27)16-21(25)22-17-6-12-20(13-7-17)32(28,29)23-14-4-5-15-23/h6-13H,3-5,14-16H2,1-2H3,(H,22,25). The lowest BCUT2D eigenvalue weighted by Crippen LogP contribution is -2.37. The summed E-state index contributed by atoms with van der Waals surface area (Å²) >= 11 is 0. The third kappa shape index (κ3) is 5.78. The maximum atomic E-state index is 12.6. The Hall–Kier alpha value is -2.63. The van der Waals surface area contributed by atoms with Gasteiger partial charge in [-0.25, -0.2) is 16.8 Å². The molecule has 0 aromatic heterocycles. The van der Waals surface area contributed by atoms with Crippen LogP contribution in [0.1, 0.15) is 19.8 Å². The molecule has 9 nitrogen and oxygen atoms in total. The summed E-state index contributed by atoms with van der Waals surface area (Å²) in [7, 11) is -7.26. The van der Waals surface area contributed by atoms with E-state index in [-0.39, 0.29) is 4.90 Å². The van der Waals surface area contributed by atoms with Crippen molar-refractivity contribution < 1.29 is 26.4 Å². The zero-order chi connectivity index (χ0) is 23.4. The maximum absolute atomic E-state index is 12.6. The molecule has 11 heteroatoms. The molecule has 2 aromatic rings. The quantitative estimate of drug-likeness (QED) is 0.588. The van der Waals surface area contributed by atoms with Crippen molar-refractivity contribution in [3.63, 3.8) is 0 Å². The summed E-state index contributed by atoms with van der Waals surface area (Å²) in [6, 6.07) is 12.2. The second kappa shape index (κ2) is 9.88. The number of carbonyl (C=O) groups excluding carboxylic acids is 1. The van der Waals surface area contributed by atoms with E-state index in [2.05, 4.69) is 5.32 Å². The summed E-state index contributed by atoms with van der Waals surface area (Å²) in [5, 5.41) is 2.62. The zero-order valence-corrected chi connectivity index (χ0v) is 19.7. The number of ether oxygens (including phenoxy) is 1. The summed E-state index contributed by atoms with van der Waals surface area (Å²) in [4.78, 5) is 12.7. The molecule has 0 unspecified atom stereocenters. The molecule has 3 rings (SSSR count). The molecule has 1 amide bonds. The van der Waals surface area contributed by atoms with Crippen molar-refractivity contribution in [2.75, 3.05) is 42.1 Å². The summed E-state index contributed by atoms with van der Waals surface area (Å²) in [6.45, 7) is 2.91.